The number of nitrogens with zero attached hydrogens (tertiary/aromatic N) is 1. The van der Waals surface area contributed by atoms with Crippen molar-refractivity contribution in [3.8, 4) is 0 Å². The topological polar surface area (TPSA) is 15.3 Å². The van der Waals surface area contributed by atoms with Crippen LogP contribution in [0.3, 0.4) is 0 Å². The van der Waals surface area contributed by atoms with Gasteiger partial charge in [0.05, 0.1) is 0 Å². The highest BCUT2D eigenvalue weighted by atomic mass is 15.2. The first-order valence-electron chi connectivity index (χ1n) is 5.40. The Morgan fingerprint density at radius 3 is 2.31 bits per heavy atom. The van der Waals surface area contributed by atoms with Crippen molar-refractivity contribution in [2.24, 2.45) is 0 Å². The van der Waals surface area contributed by atoms with Crippen LogP contribution in [0, 0.1) is 0 Å². The lowest BCUT2D eigenvalue weighted by atomic mass is 10.1. The molecule has 0 aliphatic carbocycles. The summed E-state index contributed by atoms with van der Waals surface area (Å²) in [4.78, 5) is 2.55. The third-order valence-electron chi connectivity index (χ3n) is 2.59. The van der Waals surface area contributed by atoms with E-state index in [1.807, 2.05) is 0 Å². The molecule has 1 saturated heterocycles. The highest BCUT2D eigenvalue weighted by Crippen LogP contribution is 2.14. The van der Waals surface area contributed by atoms with Crippen LogP contribution in [0.15, 0.2) is 0 Å². The van der Waals surface area contributed by atoms with Gasteiger partial charge in [0, 0.05) is 24.2 Å². The Balaban J connectivity index is 2.33. The van der Waals surface area contributed by atoms with Crippen LogP contribution in [0.2, 0.25) is 0 Å². The zero-order valence-electron chi connectivity index (χ0n) is 9.72. The third-order valence-corrected chi connectivity index (χ3v) is 2.59. The first kappa shape index (κ1) is 11.0. The second-order valence-corrected chi connectivity index (χ2v) is 5.47. The zero-order valence-corrected chi connectivity index (χ0v) is 9.72. The summed E-state index contributed by atoms with van der Waals surface area (Å²) < 4.78 is 0. The van der Waals surface area contributed by atoms with E-state index < -0.39 is 0 Å². The molecular formula is C11H24N2. The van der Waals surface area contributed by atoms with Crippen LogP contribution < -0.4 is 5.32 Å². The molecule has 1 aliphatic heterocycles. The molecule has 1 atom stereocenters. The second kappa shape index (κ2) is 3.97. The van der Waals surface area contributed by atoms with E-state index in [1.54, 1.807) is 0 Å². The van der Waals surface area contributed by atoms with Crippen molar-refractivity contribution in [1.82, 2.24) is 10.2 Å². The molecule has 1 rings (SSSR count). The molecular weight excluding hydrogens is 160 g/mol. The predicted octanol–water partition coefficient (Wildman–Crippen LogP) is 1.86. The normalized spacial score (nSPS) is 25.8. The molecule has 2 nitrogen and oxygen atoms in total. The number of nitrogens with one attached hydrogen (secondary N) is 1. The summed E-state index contributed by atoms with van der Waals surface area (Å²) in [5.41, 5.74) is 0.262. The fraction of sp³-hybridized carbons (Fsp3) is 1.00. The highest BCUT2D eigenvalue weighted by molar-refractivity contribution is 4.86. The van der Waals surface area contributed by atoms with Crippen molar-refractivity contribution in [3.63, 3.8) is 0 Å². The van der Waals surface area contributed by atoms with E-state index in [1.165, 1.54) is 19.5 Å². The lowest BCUT2D eigenvalue weighted by molar-refractivity contribution is 0.259. The van der Waals surface area contributed by atoms with Gasteiger partial charge in [-0.1, -0.05) is 0 Å². The van der Waals surface area contributed by atoms with Crippen LogP contribution in [0.1, 0.15) is 41.0 Å². The molecule has 0 bridgehead atoms. The van der Waals surface area contributed by atoms with Gasteiger partial charge in [-0.15, -0.1) is 0 Å². The molecule has 78 valence electrons. The van der Waals surface area contributed by atoms with Gasteiger partial charge in [-0.3, -0.25) is 4.90 Å². The van der Waals surface area contributed by atoms with Gasteiger partial charge in [-0.05, 0) is 47.6 Å². The quantitative estimate of drug-likeness (QED) is 0.704. The lowest BCUT2D eigenvalue weighted by Crippen LogP contribution is -2.45. The SMILES string of the molecule is CC(C)N1CC[C@@H](NC(C)(C)C)C1. The van der Waals surface area contributed by atoms with Crippen molar-refractivity contribution < 1.29 is 0 Å². The van der Waals surface area contributed by atoms with E-state index in [-0.39, 0.29) is 5.54 Å². The van der Waals surface area contributed by atoms with Crippen LogP contribution in [0.5, 0.6) is 0 Å². The Kier molecular flexibility index (Phi) is 3.36. The van der Waals surface area contributed by atoms with Crippen LogP contribution >= 0.6 is 0 Å². The van der Waals surface area contributed by atoms with Gasteiger partial charge in [0.25, 0.3) is 0 Å². The average molecular weight is 184 g/mol. The van der Waals surface area contributed by atoms with E-state index in [0.29, 0.717) is 12.1 Å². The van der Waals surface area contributed by atoms with Gasteiger partial charge in [-0.25, -0.2) is 0 Å². The van der Waals surface area contributed by atoms with E-state index in [2.05, 4.69) is 44.8 Å². The molecule has 0 spiro atoms. The third kappa shape index (κ3) is 3.65. The molecule has 0 amide bonds. The van der Waals surface area contributed by atoms with E-state index in [9.17, 15) is 0 Å². The lowest BCUT2D eigenvalue weighted by Gasteiger charge is -2.26. The van der Waals surface area contributed by atoms with Crippen molar-refractivity contribution in [2.45, 2.75) is 58.7 Å². The molecule has 1 fully saturated rings. The Hall–Kier alpha value is -0.0800. The van der Waals surface area contributed by atoms with Crippen molar-refractivity contribution in [3.05, 3.63) is 0 Å². The largest absolute Gasteiger partial charge is 0.308 e. The average Bonchev–Trinajstić information content (AvgIpc) is 2.31. The maximum atomic E-state index is 3.66. The van der Waals surface area contributed by atoms with Crippen molar-refractivity contribution in [1.29, 1.82) is 0 Å². The fourth-order valence-corrected chi connectivity index (χ4v) is 1.99. The molecule has 0 radical (unpaired) electrons. The van der Waals surface area contributed by atoms with Gasteiger partial charge in [0.1, 0.15) is 0 Å². The monoisotopic (exact) mass is 184 g/mol. The van der Waals surface area contributed by atoms with E-state index >= 15 is 0 Å². The first-order chi connectivity index (χ1) is 5.88. The number of likely N-dealkylation sites (tertiary alicyclic amines) is 1. The summed E-state index contributed by atoms with van der Waals surface area (Å²) in [5, 5.41) is 3.66. The van der Waals surface area contributed by atoms with E-state index in [0.717, 1.165) is 0 Å². The minimum absolute atomic E-state index is 0.262. The summed E-state index contributed by atoms with van der Waals surface area (Å²) in [7, 11) is 0. The Bertz CT molecular complexity index is 158. The van der Waals surface area contributed by atoms with Gasteiger partial charge in [0.15, 0.2) is 0 Å². The minimum atomic E-state index is 0.262. The number of hydrogen-bond acceptors (Lipinski definition) is 2. The molecule has 13 heavy (non-hydrogen) atoms. The van der Waals surface area contributed by atoms with Gasteiger partial charge >= 0.3 is 0 Å². The minimum Gasteiger partial charge on any atom is -0.308 e. The molecule has 2 heteroatoms. The van der Waals surface area contributed by atoms with Crippen LogP contribution in [-0.4, -0.2) is 35.6 Å². The van der Waals surface area contributed by atoms with Gasteiger partial charge in [0.2, 0.25) is 0 Å². The fourth-order valence-electron chi connectivity index (χ4n) is 1.99. The van der Waals surface area contributed by atoms with Crippen LogP contribution in [0.25, 0.3) is 0 Å². The molecule has 0 aromatic heterocycles. The van der Waals surface area contributed by atoms with Crippen LogP contribution in [-0.2, 0) is 0 Å². The first-order valence-corrected chi connectivity index (χ1v) is 5.40. The summed E-state index contributed by atoms with van der Waals surface area (Å²) in [6.45, 7) is 13.8. The molecule has 1 heterocycles. The Morgan fingerprint density at radius 2 is 1.92 bits per heavy atom. The summed E-state index contributed by atoms with van der Waals surface area (Å²) in [6, 6.07) is 1.40. The molecule has 0 aromatic carbocycles. The van der Waals surface area contributed by atoms with Gasteiger partial charge < -0.3 is 5.32 Å². The van der Waals surface area contributed by atoms with E-state index in [4.69, 9.17) is 0 Å². The maximum Gasteiger partial charge on any atom is 0.0212 e. The molecule has 1 aliphatic rings. The standard InChI is InChI=1S/C11H24N2/c1-9(2)13-7-6-10(8-13)12-11(3,4)5/h9-10,12H,6-8H2,1-5H3/t10-/m1/s1. The number of rotatable bonds is 2. The molecule has 1 N–H and O–H groups in total. The predicted molar refractivity (Wildman–Crippen MR) is 58.0 cm³/mol. The van der Waals surface area contributed by atoms with Gasteiger partial charge in [-0.2, -0.15) is 0 Å². The van der Waals surface area contributed by atoms with Crippen molar-refractivity contribution in [2.75, 3.05) is 13.1 Å². The summed E-state index contributed by atoms with van der Waals surface area (Å²) in [6.07, 6.45) is 1.30. The smallest absolute Gasteiger partial charge is 0.0212 e. The number of hydrogen-bond donors (Lipinski definition) is 1. The van der Waals surface area contributed by atoms with Crippen LogP contribution in [0.4, 0.5) is 0 Å². The maximum absolute atomic E-state index is 3.66. The summed E-state index contributed by atoms with van der Waals surface area (Å²) >= 11 is 0. The zero-order chi connectivity index (χ0) is 10.1. The van der Waals surface area contributed by atoms with Crippen molar-refractivity contribution >= 4 is 0 Å². The highest BCUT2D eigenvalue weighted by Gasteiger charge is 2.26. The molecule has 0 unspecified atom stereocenters. The Morgan fingerprint density at radius 1 is 1.31 bits per heavy atom. The Labute approximate surface area is 82.7 Å². The molecule has 0 saturated carbocycles. The summed E-state index contributed by atoms with van der Waals surface area (Å²) in [5.74, 6) is 0. The second-order valence-electron chi connectivity index (χ2n) is 5.47. The molecule has 0 aromatic rings.